The van der Waals surface area contributed by atoms with E-state index in [0.717, 1.165) is 5.56 Å². The minimum absolute atomic E-state index is 0.0190. The van der Waals surface area contributed by atoms with Crippen LogP contribution in [0.1, 0.15) is 5.56 Å². The van der Waals surface area contributed by atoms with Gasteiger partial charge < -0.3 is 4.74 Å². The van der Waals surface area contributed by atoms with E-state index in [1.54, 1.807) is 25.3 Å². The smallest absolute Gasteiger partial charge is 0.269 e. The van der Waals surface area contributed by atoms with Gasteiger partial charge in [0.2, 0.25) is 0 Å². The van der Waals surface area contributed by atoms with Crippen LogP contribution in [0.4, 0.5) is 5.69 Å². The summed E-state index contributed by atoms with van der Waals surface area (Å²) < 4.78 is 6.49. The highest BCUT2D eigenvalue weighted by molar-refractivity contribution is 5.60. The highest BCUT2D eigenvalue weighted by Gasteiger charge is 2.09. The Bertz CT molecular complexity index is 982. The Labute approximate surface area is 143 Å². The van der Waals surface area contributed by atoms with Crippen LogP contribution in [-0.4, -0.2) is 21.8 Å². The topological polar surface area (TPSA) is 87.3 Å². The van der Waals surface area contributed by atoms with Crippen molar-refractivity contribution in [3.8, 4) is 17.0 Å². The molecule has 0 N–H and O–H groups in total. The summed E-state index contributed by atoms with van der Waals surface area (Å²) in [5.74, 6) is 0.690. The monoisotopic (exact) mass is 337 g/mol. The Kier molecular flexibility index (Phi) is 4.56. The summed E-state index contributed by atoms with van der Waals surface area (Å²) in [6, 6.07) is 16.6. The zero-order valence-corrected chi connectivity index (χ0v) is 13.5. The number of ether oxygens (including phenoxy) is 1. The second kappa shape index (κ2) is 6.96. The molecular weight excluding hydrogens is 322 g/mol. The minimum atomic E-state index is -0.466. The van der Waals surface area contributed by atoms with Gasteiger partial charge in [0.1, 0.15) is 5.75 Å². The largest absolute Gasteiger partial charge is 0.497 e. The van der Waals surface area contributed by atoms with Gasteiger partial charge in [-0.3, -0.25) is 14.9 Å². The highest BCUT2D eigenvalue weighted by atomic mass is 16.6. The quantitative estimate of drug-likeness (QED) is 0.528. The highest BCUT2D eigenvalue weighted by Crippen LogP contribution is 2.21. The van der Waals surface area contributed by atoms with E-state index in [0.29, 0.717) is 17.0 Å². The molecule has 1 heterocycles. The lowest BCUT2D eigenvalue weighted by molar-refractivity contribution is -0.384. The first-order chi connectivity index (χ1) is 12.1. The van der Waals surface area contributed by atoms with Crippen molar-refractivity contribution in [1.29, 1.82) is 0 Å². The molecule has 7 nitrogen and oxygen atoms in total. The Morgan fingerprint density at radius 1 is 1.12 bits per heavy atom. The standard InChI is InChI=1S/C18H15N3O4/c1-25-16-7-3-5-14(11-16)17-8-9-18(22)20(19-17)12-13-4-2-6-15(10-13)21(23)24/h2-11H,12H2,1H3. The lowest BCUT2D eigenvalue weighted by Gasteiger charge is -2.08. The lowest BCUT2D eigenvalue weighted by atomic mass is 10.1. The number of hydrogen-bond donors (Lipinski definition) is 0. The van der Waals surface area contributed by atoms with Gasteiger partial charge in [-0.15, -0.1) is 0 Å². The molecule has 0 fully saturated rings. The molecule has 0 unspecified atom stereocenters. The number of methoxy groups -OCH3 is 1. The molecule has 0 aliphatic rings. The number of nitro groups is 1. The first kappa shape index (κ1) is 16.4. The fourth-order valence-electron chi connectivity index (χ4n) is 2.44. The van der Waals surface area contributed by atoms with Crippen LogP contribution in [0.5, 0.6) is 5.75 Å². The Morgan fingerprint density at radius 3 is 2.68 bits per heavy atom. The van der Waals surface area contributed by atoms with Crippen LogP contribution in [0, 0.1) is 10.1 Å². The first-order valence-electron chi connectivity index (χ1n) is 7.53. The second-order valence-electron chi connectivity index (χ2n) is 5.37. The lowest BCUT2D eigenvalue weighted by Crippen LogP contribution is -2.22. The third-order valence-electron chi connectivity index (χ3n) is 3.69. The number of non-ortho nitro benzene ring substituents is 1. The summed E-state index contributed by atoms with van der Waals surface area (Å²) in [4.78, 5) is 22.5. The molecule has 0 aliphatic carbocycles. The fourth-order valence-corrected chi connectivity index (χ4v) is 2.44. The fraction of sp³-hybridized carbons (Fsp3) is 0.111. The summed E-state index contributed by atoms with van der Waals surface area (Å²) in [6.07, 6.45) is 0. The first-order valence-corrected chi connectivity index (χ1v) is 7.53. The number of aromatic nitrogens is 2. The van der Waals surface area contributed by atoms with Crippen LogP contribution in [0.25, 0.3) is 11.3 Å². The van der Waals surface area contributed by atoms with Crippen LogP contribution in [0.2, 0.25) is 0 Å². The van der Waals surface area contributed by atoms with Crippen LogP contribution >= 0.6 is 0 Å². The molecule has 0 atom stereocenters. The summed E-state index contributed by atoms with van der Waals surface area (Å²) >= 11 is 0. The normalized spacial score (nSPS) is 10.4. The van der Waals surface area contributed by atoms with Crippen LogP contribution in [-0.2, 0) is 6.54 Å². The molecule has 3 rings (SSSR count). The maximum Gasteiger partial charge on any atom is 0.269 e. The van der Waals surface area contributed by atoms with E-state index in [1.807, 2.05) is 24.3 Å². The molecule has 0 saturated heterocycles. The molecule has 1 aromatic heterocycles. The van der Waals surface area contributed by atoms with Gasteiger partial charge in [0.05, 0.1) is 24.3 Å². The van der Waals surface area contributed by atoms with Crippen LogP contribution in [0.15, 0.2) is 65.5 Å². The maximum absolute atomic E-state index is 12.1. The van der Waals surface area contributed by atoms with Gasteiger partial charge >= 0.3 is 0 Å². The molecular formula is C18H15N3O4. The number of benzene rings is 2. The molecule has 0 saturated carbocycles. The molecule has 2 aromatic carbocycles. The van der Waals surface area contributed by atoms with Gasteiger partial charge in [-0.2, -0.15) is 5.10 Å². The van der Waals surface area contributed by atoms with Crippen molar-refractivity contribution in [3.05, 3.63) is 86.7 Å². The van der Waals surface area contributed by atoms with E-state index in [-0.39, 0.29) is 17.8 Å². The Hall–Kier alpha value is -3.48. The van der Waals surface area contributed by atoms with E-state index in [1.165, 1.54) is 22.9 Å². The molecule has 0 radical (unpaired) electrons. The van der Waals surface area contributed by atoms with Gasteiger partial charge in [0.15, 0.2) is 0 Å². The van der Waals surface area contributed by atoms with Crippen molar-refractivity contribution in [1.82, 2.24) is 9.78 Å². The van der Waals surface area contributed by atoms with E-state index < -0.39 is 4.92 Å². The van der Waals surface area contributed by atoms with Gasteiger partial charge in [0, 0.05) is 23.8 Å². The zero-order valence-electron chi connectivity index (χ0n) is 13.5. The molecule has 0 amide bonds. The zero-order chi connectivity index (χ0) is 17.8. The van der Waals surface area contributed by atoms with Crippen molar-refractivity contribution < 1.29 is 9.66 Å². The van der Waals surface area contributed by atoms with Crippen molar-refractivity contribution in [2.24, 2.45) is 0 Å². The number of rotatable bonds is 5. The minimum Gasteiger partial charge on any atom is -0.497 e. The average molecular weight is 337 g/mol. The second-order valence-corrected chi connectivity index (χ2v) is 5.37. The third kappa shape index (κ3) is 3.72. The average Bonchev–Trinajstić information content (AvgIpc) is 2.64. The predicted octanol–water partition coefficient (Wildman–Crippen LogP) is 2.88. The van der Waals surface area contributed by atoms with Crippen molar-refractivity contribution in [2.45, 2.75) is 6.54 Å². The van der Waals surface area contributed by atoms with Gasteiger partial charge in [0.25, 0.3) is 11.2 Å². The number of hydrogen-bond acceptors (Lipinski definition) is 5. The van der Waals surface area contributed by atoms with E-state index >= 15 is 0 Å². The summed E-state index contributed by atoms with van der Waals surface area (Å²) in [5, 5.41) is 15.2. The molecule has 0 bridgehead atoms. The molecule has 126 valence electrons. The van der Waals surface area contributed by atoms with Crippen LogP contribution < -0.4 is 10.3 Å². The van der Waals surface area contributed by atoms with E-state index in [2.05, 4.69) is 5.10 Å². The molecule has 0 spiro atoms. The summed E-state index contributed by atoms with van der Waals surface area (Å²) in [5.41, 5.74) is 1.76. The summed E-state index contributed by atoms with van der Waals surface area (Å²) in [6.45, 7) is 0.151. The van der Waals surface area contributed by atoms with Crippen LogP contribution in [0.3, 0.4) is 0 Å². The van der Waals surface area contributed by atoms with Gasteiger partial charge in [-0.25, -0.2) is 4.68 Å². The molecule has 7 heteroatoms. The Balaban J connectivity index is 1.96. The Morgan fingerprint density at radius 2 is 1.92 bits per heavy atom. The third-order valence-corrected chi connectivity index (χ3v) is 3.69. The molecule has 25 heavy (non-hydrogen) atoms. The van der Waals surface area contributed by atoms with Gasteiger partial charge in [-0.05, 0) is 23.8 Å². The number of nitrogens with zero attached hydrogens (tertiary/aromatic N) is 3. The van der Waals surface area contributed by atoms with Crippen molar-refractivity contribution >= 4 is 5.69 Å². The number of nitro benzene ring substituents is 1. The molecule has 3 aromatic rings. The van der Waals surface area contributed by atoms with Crippen molar-refractivity contribution in [3.63, 3.8) is 0 Å². The van der Waals surface area contributed by atoms with E-state index in [9.17, 15) is 14.9 Å². The maximum atomic E-state index is 12.1. The SMILES string of the molecule is COc1cccc(-c2ccc(=O)n(Cc3cccc([N+](=O)[O-])c3)n2)c1. The predicted molar refractivity (Wildman–Crippen MR) is 92.7 cm³/mol. The van der Waals surface area contributed by atoms with Crippen molar-refractivity contribution in [2.75, 3.05) is 7.11 Å². The summed E-state index contributed by atoms with van der Waals surface area (Å²) in [7, 11) is 1.58. The van der Waals surface area contributed by atoms with E-state index in [4.69, 9.17) is 4.74 Å². The molecule has 0 aliphatic heterocycles. The van der Waals surface area contributed by atoms with Gasteiger partial charge in [-0.1, -0.05) is 24.3 Å².